The number of hydrogen-bond acceptors (Lipinski definition) is 23. The number of aromatic nitrogens is 4. The number of hydrogen-bond donors (Lipinski definition) is 15. The molecule has 0 radical (unpaired) electrons. The van der Waals surface area contributed by atoms with Gasteiger partial charge in [0.15, 0.2) is 6.23 Å². The van der Waals surface area contributed by atoms with Crippen LogP contribution in [0.15, 0.2) is 26.8 Å². The van der Waals surface area contributed by atoms with E-state index in [1.165, 1.54) is 13.1 Å². The van der Waals surface area contributed by atoms with E-state index in [9.17, 15) is 72.0 Å². The van der Waals surface area contributed by atoms with Crippen molar-refractivity contribution < 1.29 is 123 Å². The maximum absolute atomic E-state index is 12.0. The summed E-state index contributed by atoms with van der Waals surface area (Å²) in [5.41, 5.74) is 2.81. The molecule has 34 nitrogen and oxygen atoms in total. The Kier molecular flexibility index (Phi) is 16.6. The molecule has 338 valence electrons. The topological polar surface area (TPSA) is 546 Å². The third-order valence-electron chi connectivity index (χ3n) is 6.94. The quantitative estimate of drug-likeness (QED) is 0.0707. The SMILES string of the molecule is Cc1cn([C@@H]2O[C@H](COP(=O)(O)OP(=O)(O)OP(=O)(O)O)[C@@H](O)[C@H]2O)c(=O)nc1N.O=c1[nH]cc([C@@H]2O[C@H](COP(=O)(O)OP(=O)(O)OP(=O)(O)O)[C@@H](O)[C@H]2O)c(=O)[nH]1. The van der Waals surface area contributed by atoms with Crippen LogP contribution in [-0.4, -0.2) is 129 Å². The molecule has 0 saturated carbocycles. The first-order valence-electron chi connectivity index (χ1n) is 14.9. The van der Waals surface area contributed by atoms with Crippen molar-refractivity contribution in [2.24, 2.45) is 0 Å². The zero-order chi connectivity index (χ0) is 45.3. The van der Waals surface area contributed by atoms with Gasteiger partial charge in [0, 0.05) is 18.0 Å². The lowest BCUT2D eigenvalue weighted by Crippen LogP contribution is -2.36. The van der Waals surface area contributed by atoms with Gasteiger partial charge < -0.3 is 79.8 Å². The molecule has 4 rings (SSSR count). The highest BCUT2D eigenvalue weighted by molar-refractivity contribution is 7.67. The molecule has 0 amide bonds. The zero-order valence-corrected chi connectivity index (χ0v) is 34.0. The number of rotatable bonds is 16. The fourth-order valence-electron chi connectivity index (χ4n) is 4.57. The highest BCUT2D eigenvalue weighted by Gasteiger charge is 2.48. The van der Waals surface area contributed by atoms with Gasteiger partial charge in [0.05, 0.1) is 18.8 Å². The molecule has 40 heteroatoms. The molecule has 16 N–H and O–H groups in total. The summed E-state index contributed by atoms with van der Waals surface area (Å²) in [7, 11) is -33.5. The summed E-state index contributed by atoms with van der Waals surface area (Å²) >= 11 is 0. The van der Waals surface area contributed by atoms with E-state index in [1.54, 1.807) is 0 Å². The number of phosphoric acid groups is 6. The molecule has 0 spiro atoms. The van der Waals surface area contributed by atoms with Gasteiger partial charge in [-0.25, -0.2) is 37.0 Å². The summed E-state index contributed by atoms with van der Waals surface area (Å²) in [6.45, 7) is -0.558. The minimum Gasteiger partial charge on any atom is -0.387 e. The summed E-state index contributed by atoms with van der Waals surface area (Å²) in [5, 5.41) is 40.1. The Balaban J connectivity index is 0.000000316. The number of aliphatic hydroxyl groups excluding tert-OH is 4. The van der Waals surface area contributed by atoms with E-state index >= 15 is 0 Å². The first-order valence-corrected chi connectivity index (χ1v) is 23.9. The van der Waals surface area contributed by atoms with Gasteiger partial charge in [-0.2, -0.15) is 22.2 Å². The van der Waals surface area contributed by atoms with Crippen molar-refractivity contribution in [3.63, 3.8) is 0 Å². The molecule has 0 aromatic carbocycles. The van der Waals surface area contributed by atoms with Crippen LogP contribution in [-0.2, 0) is 63.2 Å². The van der Waals surface area contributed by atoms with Crippen molar-refractivity contribution in [1.82, 2.24) is 19.5 Å². The van der Waals surface area contributed by atoms with Crippen molar-refractivity contribution in [1.29, 1.82) is 0 Å². The lowest BCUT2D eigenvalue weighted by atomic mass is 10.0. The first kappa shape index (κ1) is 51.3. The number of aryl methyl sites for hydroxylation is 1. The van der Waals surface area contributed by atoms with Crippen LogP contribution in [0, 0.1) is 6.92 Å². The molecule has 2 aliphatic rings. The van der Waals surface area contributed by atoms with Gasteiger partial charge in [-0.15, -0.1) is 0 Å². The minimum atomic E-state index is -5.73. The number of nitrogens with zero attached hydrogens (tertiary/aromatic N) is 2. The van der Waals surface area contributed by atoms with Crippen LogP contribution in [0.2, 0.25) is 0 Å². The molecular weight excluding hydrogens is 948 g/mol. The standard InChI is InChI=1S/C10H18N3O14P3.C9H15N2O15P3/c1-4-2-13(10(16)12-8(4)11)9-7(15)6(14)5(25-9)3-24-29(20,21)27-30(22,23)26-28(17,18)19;12-5-4(2-23-28(19,20)26-29(21,22)25-27(16,17)18)24-7(6(5)13)3-1-10-9(15)11-8(3)14/h2,5-7,9,14-15H,3H2,1H3,(H,20,21)(H,22,23)(H2,11,12,16)(H2,17,18,19);1,4-7,12-13H,2H2,(H,19,20)(H,21,22)(H2,16,17,18)(H2,10,11,14,15)/t5-,6-,7-,9-;4-,5-,6-,7+/m11/s1. The molecule has 2 aromatic heterocycles. The number of nitrogens with two attached hydrogens (primary N) is 1. The van der Waals surface area contributed by atoms with Crippen LogP contribution in [0.25, 0.3) is 0 Å². The van der Waals surface area contributed by atoms with Crippen molar-refractivity contribution in [2.45, 2.75) is 55.9 Å². The summed E-state index contributed by atoms with van der Waals surface area (Å²) in [4.78, 5) is 113. The summed E-state index contributed by atoms with van der Waals surface area (Å²) in [6, 6.07) is 0. The van der Waals surface area contributed by atoms with Crippen LogP contribution in [0.5, 0.6) is 0 Å². The van der Waals surface area contributed by atoms with Gasteiger partial charge in [0.2, 0.25) is 0 Å². The smallest absolute Gasteiger partial charge is 0.387 e. The van der Waals surface area contributed by atoms with Crippen molar-refractivity contribution in [3.05, 3.63) is 54.8 Å². The lowest BCUT2D eigenvalue weighted by Gasteiger charge is -2.19. The van der Waals surface area contributed by atoms with Crippen LogP contribution in [0.1, 0.15) is 23.5 Å². The van der Waals surface area contributed by atoms with Crippen LogP contribution < -0.4 is 22.7 Å². The number of H-pyrrole nitrogens is 2. The zero-order valence-electron chi connectivity index (χ0n) is 28.6. The molecule has 59 heavy (non-hydrogen) atoms. The Morgan fingerprint density at radius 2 is 1.17 bits per heavy atom. The summed E-state index contributed by atoms with van der Waals surface area (Å²) in [6.07, 6.45) is -11.0. The van der Waals surface area contributed by atoms with Crippen molar-refractivity contribution in [2.75, 3.05) is 18.9 Å². The number of aliphatic hydroxyl groups is 4. The molecule has 4 heterocycles. The van der Waals surface area contributed by atoms with Crippen molar-refractivity contribution >= 4 is 52.8 Å². The average molecular weight is 981 g/mol. The van der Waals surface area contributed by atoms with Gasteiger partial charge in [-0.3, -0.25) is 23.4 Å². The Bertz CT molecular complexity index is 2310. The number of aromatic amines is 2. The maximum atomic E-state index is 12.0. The predicted molar refractivity (Wildman–Crippen MR) is 181 cm³/mol. The second kappa shape index (κ2) is 19.1. The molecule has 0 bridgehead atoms. The van der Waals surface area contributed by atoms with E-state index in [1.807, 2.05) is 4.98 Å². The van der Waals surface area contributed by atoms with Gasteiger partial charge in [-0.1, -0.05) is 0 Å². The normalized spacial score (nSPS) is 29.0. The Hall–Kier alpha value is -2.06. The monoisotopic (exact) mass is 981 g/mol. The molecule has 12 atom stereocenters. The molecule has 2 fully saturated rings. The Morgan fingerprint density at radius 3 is 1.63 bits per heavy atom. The first-order chi connectivity index (χ1) is 26.6. The predicted octanol–water partition coefficient (Wildman–Crippen LogP) is -4.34. The van der Waals surface area contributed by atoms with Crippen LogP contribution in [0.4, 0.5) is 5.82 Å². The molecule has 2 saturated heterocycles. The van der Waals surface area contributed by atoms with Gasteiger partial charge in [-0.05, 0) is 6.92 Å². The number of nitrogen functional groups attached to an aromatic ring is 1. The third kappa shape index (κ3) is 15.4. The number of ether oxygens (including phenoxy) is 2. The summed E-state index contributed by atoms with van der Waals surface area (Å²) < 4.78 is 101. The molecule has 4 unspecified atom stereocenters. The number of nitrogens with one attached hydrogen (secondary N) is 2. The second-order valence-electron chi connectivity index (χ2n) is 11.4. The van der Waals surface area contributed by atoms with E-state index in [0.29, 0.717) is 5.56 Å². The van der Waals surface area contributed by atoms with E-state index in [4.69, 9.17) is 44.6 Å². The molecule has 0 aliphatic carbocycles. The van der Waals surface area contributed by atoms with Crippen LogP contribution >= 0.6 is 46.9 Å². The lowest BCUT2D eigenvalue weighted by molar-refractivity contribution is -0.0542. The highest BCUT2D eigenvalue weighted by atomic mass is 31.3. The van der Waals surface area contributed by atoms with E-state index in [2.05, 4.69) is 36.3 Å². The third-order valence-corrected chi connectivity index (χ3v) is 14.5. The largest absolute Gasteiger partial charge is 0.490 e. The average Bonchev–Trinajstić information content (AvgIpc) is 3.47. The van der Waals surface area contributed by atoms with Crippen LogP contribution in [0.3, 0.4) is 0 Å². The maximum Gasteiger partial charge on any atom is 0.490 e. The fraction of sp³-hybridized carbons (Fsp3) is 0.579. The van der Waals surface area contributed by atoms with Gasteiger partial charge >= 0.3 is 58.3 Å². The van der Waals surface area contributed by atoms with E-state index in [-0.39, 0.29) is 11.4 Å². The highest BCUT2D eigenvalue weighted by Crippen LogP contribution is 2.67. The second-order valence-corrected chi connectivity index (χ2v) is 20.3. The molecule has 2 aliphatic heterocycles. The molecular formula is C19H33N5O29P6. The van der Waals surface area contributed by atoms with Gasteiger partial charge in [0.1, 0.15) is 48.5 Å². The van der Waals surface area contributed by atoms with E-state index in [0.717, 1.165) is 10.8 Å². The van der Waals surface area contributed by atoms with Gasteiger partial charge in [0.25, 0.3) is 5.56 Å². The Labute approximate surface area is 324 Å². The molecule has 2 aromatic rings. The van der Waals surface area contributed by atoms with E-state index < -0.39 is 126 Å². The number of anilines is 1. The van der Waals surface area contributed by atoms with Crippen molar-refractivity contribution in [3.8, 4) is 0 Å². The summed E-state index contributed by atoms with van der Waals surface area (Å²) in [5.74, 6) is -0.0755. The minimum absolute atomic E-state index is 0.0755. The Morgan fingerprint density at radius 1 is 0.712 bits per heavy atom. The number of phosphoric ester groups is 2. The fourth-order valence-corrected chi connectivity index (χ4v) is 10.6.